The molecule has 0 aliphatic heterocycles. The van der Waals surface area contributed by atoms with E-state index in [1.807, 2.05) is 13.8 Å². The van der Waals surface area contributed by atoms with Crippen LogP contribution in [-0.2, 0) is 26.2 Å². The first-order valence-corrected chi connectivity index (χ1v) is 13.3. The second-order valence-electron chi connectivity index (χ2n) is 8.23. The molecule has 0 aromatic heterocycles. The smallest absolute Gasteiger partial charge is 0.244 e. The Morgan fingerprint density at radius 3 is 2.31 bits per heavy atom. The molecule has 0 heterocycles. The summed E-state index contributed by atoms with van der Waals surface area (Å²) in [5.41, 5.74) is 0.670. The lowest BCUT2D eigenvalue weighted by molar-refractivity contribution is -0.139. The molecule has 0 fully saturated rings. The van der Waals surface area contributed by atoms with Crippen molar-refractivity contribution in [2.75, 3.05) is 24.2 Å². The number of benzene rings is 2. The van der Waals surface area contributed by atoms with Crippen LogP contribution >= 0.6 is 11.6 Å². The molecule has 35 heavy (non-hydrogen) atoms. The number of halogens is 2. The summed E-state index contributed by atoms with van der Waals surface area (Å²) in [5.74, 6) is -1.25. The average Bonchev–Trinajstić information content (AvgIpc) is 2.80. The van der Waals surface area contributed by atoms with Gasteiger partial charge in [-0.3, -0.25) is 13.9 Å². The van der Waals surface area contributed by atoms with Crippen molar-refractivity contribution in [3.05, 3.63) is 58.9 Å². The second kappa shape index (κ2) is 12.2. The molecular formula is C24H31ClFN3O5S. The lowest BCUT2D eigenvalue weighted by Gasteiger charge is -2.32. The van der Waals surface area contributed by atoms with E-state index >= 15 is 0 Å². The minimum atomic E-state index is -3.95. The highest BCUT2D eigenvalue weighted by Gasteiger charge is 2.31. The van der Waals surface area contributed by atoms with Gasteiger partial charge in [0.05, 0.1) is 19.1 Å². The summed E-state index contributed by atoms with van der Waals surface area (Å²) >= 11 is 6.09. The molecule has 192 valence electrons. The van der Waals surface area contributed by atoms with E-state index in [9.17, 15) is 22.4 Å². The van der Waals surface area contributed by atoms with E-state index in [0.29, 0.717) is 12.0 Å². The molecule has 0 unspecified atom stereocenters. The third-order valence-electron chi connectivity index (χ3n) is 5.52. The number of hydrogen-bond donors (Lipinski definition) is 1. The molecule has 2 aromatic rings. The van der Waals surface area contributed by atoms with Gasteiger partial charge < -0.3 is 15.0 Å². The lowest BCUT2D eigenvalue weighted by atomic mass is 10.1. The van der Waals surface area contributed by atoms with Crippen LogP contribution in [0, 0.1) is 5.82 Å². The fraction of sp³-hybridized carbons (Fsp3) is 0.417. The van der Waals surface area contributed by atoms with Gasteiger partial charge in [-0.05, 0) is 56.2 Å². The largest absolute Gasteiger partial charge is 0.495 e. The lowest BCUT2D eigenvalue weighted by Crippen LogP contribution is -2.52. The number of carbonyl (C=O) groups excluding carboxylic acids is 2. The number of methoxy groups -OCH3 is 1. The number of hydrogen-bond acceptors (Lipinski definition) is 5. The van der Waals surface area contributed by atoms with Gasteiger partial charge in [0, 0.05) is 17.6 Å². The van der Waals surface area contributed by atoms with Gasteiger partial charge >= 0.3 is 0 Å². The Labute approximate surface area is 211 Å². The highest BCUT2D eigenvalue weighted by atomic mass is 35.5. The van der Waals surface area contributed by atoms with Crippen LogP contribution in [0.1, 0.15) is 32.8 Å². The van der Waals surface area contributed by atoms with E-state index in [4.69, 9.17) is 16.3 Å². The highest BCUT2D eigenvalue weighted by molar-refractivity contribution is 7.92. The summed E-state index contributed by atoms with van der Waals surface area (Å²) in [4.78, 5) is 27.7. The Balaban J connectivity index is 2.45. The molecule has 0 saturated carbocycles. The molecule has 0 aliphatic carbocycles. The van der Waals surface area contributed by atoms with E-state index < -0.39 is 34.3 Å². The van der Waals surface area contributed by atoms with Crippen molar-refractivity contribution in [3.8, 4) is 5.75 Å². The Morgan fingerprint density at radius 2 is 1.77 bits per heavy atom. The molecule has 0 aliphatic rings. The molecule has 0 radical (unpaired) electrons. The summed E-state index contributed by atoms with van der Waals surface area (Å²) in [6.45, 7) is 4.69. The third-order valence-corrected chi connectivity index (χ3v) is 6.88. The maximum Gasteiger partial charge on any atom is 0.244 e. The summed E-state index contributed by atoms with van der Waals surface area (Å²) in [5, 5.41) is 3.09. The van der Waals surface area contributed by atoms with E-state index in [0.717, 1.165) is 10.6 Å². The zero-order valence-electron chi connectivity index (χ0n) is 20.4. The topological polar surface area (TPSA) is 96.0 Å². The van der Waals surface area contributed by atoms with Crippen molar-refractivity contribution in [2.45, 2.75) is 45.8 Å². The number of nitrogens with zero attached hydrogens (tertiary/aromatic N) is 2. The van der Waals surface area contributed by atoms with Crippen molar-refractivity contribution < 1.29 is 27.1 Å². The summed E-state index contributed by atoms with van der Waals surface area (Å²) in [6.07, 6.45) is 1.66. The van der Waals surface area contributed by atoms with Gasteiger partial charge in [0.25, 0.3) is 0 Å². The van der Waals surface area contributed by atoms with Gasteiger partial charge in [-0.1, -0.05) is 30.7 Å². The minimum absolute atomic E-state index is 0.0293. The molecule has 8 nitrogen and oxygen atoms in total. The van der Waals surface area contributed by atoms with E-state index in [1.54, 1.807) is 6.92 Å². The SMILES string of the molecule is CC[C@H](C)NC(=O)[C@@H](C)N(Cc1ccc(F)cc1)C(=O)CN(c1cc(Cl)ccc1OC)S(C)(=O)=O. The predicted octanol–water partition coefficient (Wildman–Crippen LogP) is 3.59. The standard InChI is InChI=1S/C24H31ClFN3O5S/c1-6-16(2)27-24(31)17(3)28(14-18-7-10-20(26)11-8-18)23(30)15-29(35(5,32)33)21-13-19(25)9-12-22(21)34-4/h7-13,16-17H,6,14-15H2,1-5H3,(H,27,31)/t16-,17+/m0/s1. The van der Waals surface area contributed by atoms with E-state index in [2.05, 4.69) is 5.32 Å². The summed E-state index contributed by atoms with van der Waals surface area (Å²) in [6, 6.07) is 8.89. The van der Waals surface area contributed by atoms with E-state index in [-0.39, 0.29) is 35.0 Å². The number of rotatable bonds is 11. The first kappa shape index (κ1) is 28.4. The number of anilines is 1. The van der Waals surface area contributed by atoms with Crippen molar-refractivity contribution in [3.63, 3.8) is 0 Å². The van der Waals surface area contributed by atoms with Gasteiger partial charge in [0.1, 0.15) is 24.2 Å². The molecule has 1 N–H and O–H groups in total. The van der Waals surface area contributed by atoms with Crippen molar-refractivity contribution in [2.24, 2.45) is 0 Å². The van der Waals surface area contributed by atoms with Gasteiger partial charge in [-0.2, -0.15) is 0 Å². The second-order valence-corrected chi connectivity index (χ2v) is 10.6. The molecule has 2 atom stereocenters. The molecule has 2 rings (SSSR count). The summed E-state index contributed by atoms with van der Waals surface area (Å²) in [7, 11) is -2.57. The quantitative estimate of drug-likeness (QED) is 0.482. The average molecular weight is 528 g/mol. The van der Waals surface area contributed by atoms with Crippen LogP contribution in [0.4, 0.5) is 10.1 Å². The van der Waals surface area contributed by atoms with Gasteiger partial charge in [0.15, 0.2) is 0 Å². The van der Waals surface area contributed by atoms with Crippen LogP contribution in [0.5, 0.6) is 5.75 Å². The monoisotopic (exact) mass is 527 g/mol. The normalized spacial score (nSPS) is 13.0. The minimum Gasteiger partial charge on any atom is -0.495 e. The third kappa shape index (κ3) is 7.83. The van der Waals surface area contributed by atoms with Gasteiger partial charge in [-0.25, -0.2) is 12.8 Å². The number of sulfonamides is 1. The van der Waals surface area contributed by atoms with Crippen LogP contribution in [0.2, 0.25) is 5.02 Å². The molecule has 0 spiro atoms. The Kier molecular flexibility index (Phi) is 9.91. The number of amides is 2. The molecular weight excluding hydrogens is 497 g/mol. The zero-order chi connectivity index (χ0) is 26.3. The van der Waals surface area contributed by atoms with Crippen LogP contribution in [0.3, 0.4) is 0 Å². The van der Waals surface area contributed by atoms with E-state index in [1.165, 1.54) is 54.5 Å². The Morgan fingerprint density at radius 1 is 1.14 bits per heavy atom. The molecule has 2 amide bonds. The van der Waals surface area contributed by atoms with Crippen molar-refractivity contribution >= 4 is 39.1 Å². The number of nitrogens with one attached hydrogen (secondary N) is 1. The molecule has 2 aromatic carbocycles. The Bertz CT molecular complexity index is 1140. The van der Waals surface area contributed by atoms with Gasteiger partial charge in [-0.15, -0.1) is 0 Å². The molecule has 11 heteroatoms. The van der Waals surface area contributed by atoms with Crippen LogP contribution in [-0.4, -0.2) is 57.1 Å². The van der Waals surface area contributed by atoms with Crippen LogP contribution in [0.15, 0.2) is 42.5 Å². The summed E-state index contributed by atoms with van der Waals surface area (Å²) < 4.78 is 44.9. The maximum atomic E-state index is 13.5. The van der Waals surface area contributed by atoms with Crippen molar-refractivity contribution in [1.82, 2.24) is 10.2 Å². The first-order chi connectivity index (χ1) is 16.4. The molecule has 0 saturated heterocycles. The Hall–Kier alpha value is -2.85. The zero-order valence-corrected chi connectivity index (χ0v) is 22.0. The van der Waals surface area contributed by atoms with Crippen molar-refractivity contribution in [1.29, 1.82) is 0 Å². The number of carbonyl (C=O) groups is 2. The van der Waals surface area contributed by atoms with Crippen LogP contribution < -0.4 is 14.4 Å². The van der Waals surface area contributed by atoms with Crippen LogP contribution in [0.25, 0.3) is 0 Å². The highest BCUT2D eigenvalue weighted by Crippen LogP contribution is 2.33. The maximum absolute atomic E-state index is 13.5. The predicted molar refractivity (Wildman–Crippen MR) is 135 cm³/mol. The fourth-order valence-electron chi connectivity index (χ4n) is 3.29. The fourth-order valence-corrected chi connectivity index (χ4v) is 4.30. The van der Waals surface area contributed by atoms with Gasteiger partial charge in [0.2, 0.25) is 21.8 Å². The molecule has 0 bridgehead atoms. The number of ether oxygens (including phenoxy) is 1. The first-order valence-electron chi connectivity index (χ1n) is 11.0.